The second kappa shape index (κ2) is 9.03. The van der Waals surface area contributed by atoms with E-state index in [4.69, 9.17) is 14.6 Å². The molecular formula is C17H22N2O6. The third-order valence-corrected chi connectivity index (χ3v) is 3.99. The molecule has 0 radical (unpaired) electrons. The molecule has 8 heteroatoms. The molecule has 1 fully saturated rings. The minimum absolute atomic E-state index is 0.142. The summed E-state index contributed by atoms with van der Waals surface area (Å²) in [5.74, 6) is -1.17. The van der Waals surface area contributed by atoms with Gasteiger partial charge in [0, 0.05) is 19.7 Å². The van der Waals surface area contributed by atoms with Crippen molar-refractivity contribution < 1.29 is 29.0 Å². The predicted octanol–water partition coefficient (Wildman–Crippen LogP) is 0.272. The molecule has 1 aromatic carbocycles. The Hall–Kier alpha value is -2.61. The highest BCUT2D eigenvalue weighted by atomic mass is 16.5. The Morgan fingerprint density at radius 1 is 1.28 bits per heavy atom. The Morgan fingerprint density at radius 2 is 2.00 bits per heavy atom. The summed E-state index contributed by atoms with van der Waals surface area (Å²) in [6.45, 7) is -0.0796. The van der Waals surface area contributed by atoms with E-state index in [1.165, 1.54) is 12.0 Å². The van der Waals surface area contributed by atoms with Gasteiger partial charge in [0.05, 0.1) is 19.1 Å². The molecule has 0 aliphatic carbocycles. The first-order chi connectivity index (χ1) is 12.0. The van der Waals surface area contributed by atoms with Gasteiger partial charge < -0.3 is 24.8 Å². The van der Waals surface area contributed by atoms with Gasteiger partial charge in [-0.25, -0.2) is 0 Å². The smallest absolute Gasteiger partial charge is 0.305 e. The molecule has 0 aromatic heterocycles. The summed E-state index contributed by atoms with van der Waals surface area (Å²) in [6, 6.07) is 8.45. The number of carboxylic acids is 1. The minimum Gasteiger partial charge on any atom is -0.484 e. The van der Waals surface area contributed by atoms with Crippen LogP contribution in [0.15, 0.2) is 30.3 Å². The Labute approximate surface area is 145 Å². The fourth-order valence-corrected chi connectivity index (χ4v) is 2.74. The van der Waals surface area contributed by atoms with E-state index in [0.29, 0.717) is 18.7 Å². The zero-order chi connectivity index (χ0) is 18.2. The molecule has 1 aliphatic heterocycles. The monoisotopic (exact) mass is 350 g/mol. The number of benzene rings is 1. The van der Waals surface area contributed by atoms with Crippen molar-refractivity contribution in [2.45, 2.75) is 25.0 Å². The summed E-state index contributed by atoms with van der Waals surface area (Å²) in [7, 11) is 1.53. The number of para-hydroxylation sites is 1. The zero-order valence-electron chi connectivity index (χ0n) is 14.0. The van der Waals surface area contributed by atoms with Crippen LogP contribution in [0, 0.1) is 0 Å². The molecule has 2 N–H and O–H groups in total. The minimum atomic E-state index is -0.972. The number of nitrogens with zero attached hydrogens (tertiary/aromatic N) is 1. The van der Waals surface area contributed by atoms with Gasteiger partial charge in [-0.2, -0.15) is 0 Å². The van der Waals surface area contributed by atoms with E-state index in [1.807, 2.05) is 6.07 Å². The predicted molar refractivity (Wildman–Crippen MR) is 88.1 cm³/mol. The summed E-state index contributed by atoms with van der Waals surface area (Å²) in [5.41, 5.74) is 0. The number of aliphatic carboxylic acids is 1. The molecule has 1 aliphatic rings. The number of rotatable bonds is 8. The van der Waals surface area contributed by atoms with Crippen molar-refractivity contribution in [2.24, 2.45) is 0 Å². The van der Waals surface area contributed by atoms with Crippen molar-refractivity contribution in [1.29, 1.82) is 0 Å². The van der Waals surface area contributed by atoms with Crippen LogP contribution in [0.4, 0.5) is 0 Å². The van der Waals surface area contributed by atoms with Gasteiger partial charge in [0.25, 0.3) is 5.91 Å². The van der Waals surface area contributed by atoms with Crippen LogP contribution in [0.5, 0.6) is 5.75 Å². The number of likely N-dealkylation sites (tertiary alicyclic amines) is 1. The van der Waals surface area contributed by atoms with Crippen molar-refractivity contribution >= 4 is 17.8 Å². The van der Waals surface area contributed by atoms with Gasteiger partial charge >= 0.3 is 5.97 Å². The number of carbonyl (C=O) groups excluding carboxylic acids is 2. The maximum atomic E-state index is 12.3. The largest absolute Gasteiger partial charge is 0.484 e. The quantitative estimate of drug-likeness (QED) is 0.697. The molecule has 0 saturated carbocycles. The van der Waals surface area contributed by atoms with E-state index < -0.39 is 17.9 Å². The summed E-state index contributed by atoms with van der Waals surface area (Å²) >= 11 is 0. The fourth-order valence-electron chi connectivity index (χ4n) is 2.74. The van der Waals surface area contributed by atoms with E-state index in [9.17, 15) is 14.4 Å². The van der Waals surface area contributed by atoms with Crippen LogP contribution in [0.1, 0.15) is 12.8 Å². The number of amides is 2. The van der Waals surface area contributed by atoms with Crippen molar-refractivity contribution in [2.75, 3.05) is 26.8 Å². The number of carboxylic acid groups (broad SMARTS) is 1. The molecule has 25 heavy (non-hydrogen) atoms. The third kappa shape index (κ3) is 5.75. The van der Waals surface area contributed by atoms with Crippen LogP contribution in [-0.2, 0) is 19.1 Å². The van der Waals surface area contributed by atoms with Crippen molar-refractivity contribution in [1.82, 2.24) is 10.2 Å². The molecule has 2 unspecified atom stereocenters. The van der Waals surface area contributed by atoms with E-state index in [0.717, 1.165) is 0 Å². The molecule has 2 atom stereocenters. The van der Waals surface area contributed by atoms with Gasteiger partial charge in [0.15, 0.2) is 6.61 Å². The van der Waals surface area contributed by atoms with Crippen molar-refractivity contribution in [3.8, 4) is 5.75 Å². The first-order valence-corrected chi connectivity index (χ1v) is 7.98. The zero-order valence-corrected chi connectivity index (χ0v) is 14.0. The maximum absolute atomic E-state index is 12.3. The Morgan fingerprint density at radius 3 is 2.64 bits per heavy atom. The van der Waals surface area contributed by atoms with E-state index in [2.05, 4.69) is 5.32 Å². The summed E-state index contributed by atoms with van der Waals surface area (Å²) in [6.07, 6.45) is 0.140. The van der Waals surface area contributed by atoms with Gasteiger partial charge in [0.1, 0.15) is 5.75 Å². The lowest BCUT2D eigenvalue weighted by molar-refractivity contribution is -0.140. The van der Waals surface area contributed by atoms with E-state index in [1.54, 1.807) is 24.3 Å². The summed E-state index contributed by atoms with van der Waals surface area (Å²) in [4.78, 5) is 36.5. The molecule has 1 saturated heterocycles. The number of ether oxygens (including phenoxy) is 2. The average molecular weight is 350 g/mol. The number of nitrogens with one attached hydrogen (secondary N) is 1. The summed E-state index contributed by atoms with van der Waals surface area (Å²) in [5, 5.41) is 11.5. The van der Waals surface area contributed by atoms with Gasteiger partial charge in [-0.1, -0.05) is 18.2 Å². The van der Waals surface area contributed by atoms with E-state index >= 15 is 0 Å². The number of carbonyl (C=O) groups is 3. The Balaban J connectivity index is 1.79. The lowest BCUT2D eigenvalue weighted by Gasteiger charge is -2.23. The Bertz CT molecular complexity index is 606. The van der Waals surface area contributed by atoms with Gasteiger partial charge in [0.2, 0.25) is 5.91 Å². The van der Waals surface area contributed by atoms with Gasteiger partial charge in [-0.05, 0) is 18.6 Å². The van der Waals surface area contributed by atoms with Crippen molar-refractivity contribution in [3.63, 3.8) is 0 Å². The van der Waals surface area contributed by atoms with Crippen LogP contribution >= 0.6 is 0 Å². The SMILES string of the molecule is COC1CC(CC(=O)O)N(C(=O)CNC(=O)COc2ccccc2)C1. The fraction of sp³-hybridized carbons (Fsp3) is 0.471. The van der Waals surface area contributed by atoms with Gasteiger partial charge in [-0.3, -0.25) is 14.4 Å². The molecule has 2 rings (SSSR count). The van der Waals surface area contributed by atoms with Crippen LogP contribution < -0.4 is 10.1 Å². The molecule has 1 aromatic rings. The highest BCUT2D eigenvalue weighted by molar-refractivity contribution is 5.86. The standard InChI is InChI=1S/C17H22N2O6/c1-24-14-7-12(8-17(22)23)19(10-14)16(21)9-18-15(20)11-25-13-5-3-2-4-6-13/h2-6,12,14H,7-11H2,1H3,(H,18,20)(H,22,23). The molecule has 8 nitrogen and oxygen atoms in total. The second-order valence-electron chi connectivity index (χ2n) is 5.77. The molecule has 2 amide bonds. The lowest BCUT2D eigenvalue weighted by Crippen LogP contribution is -2.44. The molecule has 1 heterocycles. The first kappa shape index (κ1) is 18.7. The maximum Gasteiger partial charge on any atom is 0.305 e. The first-order valence-electron chi connectivity index (χ1n) is 7.98. The molecule has 0 bridgehead atoms. The normalized spacial score (nSPS) is 19.5. The van der Waals surface area contributed by atoms with Crippen LogP contribution in [0.3, 0.4) is 0 Å². The number of methoxy groups -OCH3 is 1. The molecular weight excluding hydrogens is 328 g/mol. The highest BCUT2D eigenvalue weighted by Crippen LogP contribution is 2.22. The van der Waals surface area contributed by atoms with Gasteiger partial charge in [-0.15, -0.1) is 0 Å². The number of hydrogen-bond donors (Lipinski definition) is 2. The molecule has 0 spiro atoms. The lowest BCUT2D eigenvalue weighted by atomic mass is 10.1. The van der Waals surface area contributed by atoms with Crippen molar-refractivity contribution in [3.05, 3.63) is 30.3 Å². The Kier molecular flexibility index (Phi) is 6.76. The third-order valence-electron chi connectivity index (χ3n) is 3.99. The highest BCUT2D eigenvalue weighted by Gasteiger charge is 2.36. The van der Waals surface area contributed by atoms with Crippen LogP contribution in [0.25, 0.3) is 0 Å². The van der Waals surface area contributed by atoms with E-state index in [-0.39, 0.29) is 31.6 Å². The second-order valence-corrected chi connectivity index (χ2v) is 5.77. The summed E-state index contributed by atoms with van der Waals surface area (Å²) < 4.78 is 10.5. The average Bonchev–Trinajstić information content (AvgIpc) is 3.01. The van der Waals surface area contributed by atoms with Crippen LogP contribution in [-0.4, -0.2) is 66.7 Å². The topological polar surface area (TPSA) is 105 Å². The molecule has 136 valence electrons. The van der Waals surface area contributed by atoms with Crippen LogP contribution in [0.2, 0.25) is 0 Å². The number of hydrogen-bond acceptors (Lipinski definition) is 5.